The summed E-state index contributed by atoms with van der Waals surface area (Å²) in [6.07, 6.45) is -3.77. The Hall–Kier alpha value is -0.360. The van der Waals surface area contributed by atoms with Crippen molar-refractivity contribution in [3.05, 3.63) is 0 Å². The summed E-state index contributed by atoms with van der Waals surface area (Å²) in [5.41, 5.74) is 0. The Morgan fingerprint density at radius 2 is 1.79 bits per heavy atom. The van der Waals surface area contributed by atoms with E-state index in [1.165, 1.54) is 0 Å². The average Bonchev–Trinajstić information content (AvgIpc) is 2.23. The second-order valence-electron chi connectivity index (χ2n) is 3.37. The molecule has 1 aliphatic rings. The third-order valence-corrected chi connectivity index (χ3v) is 2.27. The molecule has 0 saturated carbocycles. The number of ether oxygens (including phenoxy) is 1. The van der Waals surface area contributed by atoms with Crippen LogP contribution in [-0.2, 0) is 4.74 Å². The molecule has 1 N–H and O–H groups in total. The van der Waals surface area contributed by atoms with Gasteiger partial charge in [0, 0.05) is 0 Å². The monoisotopic (exact) mass is 216 g/mol. The Balaban J connectivity index is 2.72. The topological polar surface area (TPSA) is 29.5 Å². The minimum atomic E-state index is -4.48. The summed E-state index contributed by atoms with van der Waals surface area (Å²) in [6.45, 7) is 1.75. The third kappa shape index (κ3) is 1.61. The minimum Gasteiger partial charge on any atom is -0.363 e. The van der Waals surface area contributed by atoms with E-state index in [-0.39, 0.29) is 6.42 Å². The minimum absolute atomic E-state index is 0.170. The van der Waals surface area contributed by atoms with E-state index in [0.717, 1.165) is 0 Å². The highest BCUT2D eigenvalue weighted by Crippen LogP contribution is 2.48. The van der Waals surface area contributed by atoms with Crippen LogP contribution in [0.1, 0.15) is 26.2 Å². The third-order valence-electron chi connectivity index (χ3n) is 2.27. The first-order chi connectivity index (χ1) is 6.34. The van der Waals surface area contributed by atoms with Crippen LogP contribution in [0.2, 0.25) is 0 Å². The fraction of sp³-hybridized carbons (Fsp3) is 1.00. The number of rotatable bonds is 3. The number of halogens is 4. The van der Waals surface area contributed by atoms with Crippen molar-refractivity contribution >= 4 is 0 Å². The smallest absolute Gasteiger partial charge is 0.362 e. The van der Waals surface area contributed by atoms with E-state index in [9.17, 15) is 17.6 Å². The first-order valence-electron chi connectivity index (χ1n) is 4.43. The van der Waals surface area contributed by atoms with E-state index >= 15 is 0 Å². The first kappa shape index (κ1) is 11.7. The summed E-state index contributed by atoms with van der Waals surface area (Å²) >= 11 is 0. The van der Waals surface area contributed by atoms with E-state index in [0.29, 0.717) is 12.8 Å². The molecule has 2 nitrogen and oxygen atoms in total. The van der Waals surface area contributed by atoms with E-state index in [1.54, 1.807) is 6.92 Å². The first-order valence-corrected chi connectivity index (χ1v) is 4.43. The second-order valence-corrected chi connectivity index (χ2v) is 3.37. The van der Waals surface area contributed by atoms with Crippen molar-refractivity contribution in [1.82, 2.24) is 0 Å². The molecular formula is C8H12F4O2. The molecule has 0 aliphatic carbocycles. The van der Waals surface area contributed by atoms with Gasteiger partial charge in [-0.05, 0) is 6.42 Å². The zero-order chi connectivity index (χ0) is 11.0. The van der Waals surface area contributed by atoms with Crippen molar-refractivity contribution in [2.45, 2.75) is 50.4 Å². The Labute approximate surface area is 78.9 Å². The van der Waals surface area contributed by atoms with Crippen LogP contribution in [-0.4, -0.2) is 29.3 Å². The molecule has 6 heteroatoms. The van der Waals surface area contributed by atoms with Crippen molar-refractivity contribution in [2.24, 2.45) is 0 Å². The summed E-state index contributed by atoms with van der Waals surface area (Å²) in [4.78, 5) is 0. The normalized spacial score (nSPS) is 34.7. The summed E-state index contributed by atoms with van der Waals surface area (Å²) < 4.78 is 55.3. The number of hydrogen-bond acceptors (Lipinski definition) is 2. The van der Waals surface area contributed by atoms with Gasteiger partial charge in [-0.25, -0.2) is 0 Å². The van der Waals surface area contributed by atoms with Gasteiger partial charge in [-0.3, -0.25) is 0 Å². The van der Waals surface area contributed by atoms with Crippen LogP contribution in [0.3, 0.4) is 0 Å². The maximum Gasteiger partial charge on any atom is 0.362 e. The van der Waals surface area contributed by atoms with Gasteiger partial charge in [0.15, 0.2) is 0 Å². The molecule has 2 atom stereocenters. The Morgan fingerprint density at radius 1 is 1.21 bits per heavy atom. The van der Waals surface area contributed by atoms with Gasteiger partial charge in [0.2, 0.25) is 6.29 Å². The predicted molar refractivity (Wildman–Crippen MR) is 40.3 cm³/mol. The molecule has 1 saturated heterocycles. The summed E-state index contributed by atoms with van der Waals surface area (Å²) in [6, 6.07) is 0. The van der Waals surface area contributed by atoms with Gasteiger partial charge < -0.3 is 9.84 Å². The van der Waals surface area contributed by atoms with Gasteiger partial charge in [-0.2, -0.15) is 17.6 Å². The standard InChI is InChI=1S/C8H12F4O2/c1-2-3-4-5-7(9,10)8(11,12)6(13)14-5/h5-6,13H,2-4H2,1H3/t5-,6-/m1/s1. The lowest BCUT2D eigenvalue weighted by Gasteiger charge is -2.21. The molecule has 1 aliphatic heterocycles. The molecule has 0 spiro atoms. The van der Waals surface area contributed by atoms with Crippen LogP contribution in [0.5, 0.6) is 0 Å². The fourth-order valence-corrected chi connectivity index (χ4v) is 1.34. The highest BCUT2D eigenvalue weighted by atomic mass is 19.3. The number of hydrogen-bond donors (Lipinski definition) is 1. The van der Waals surface area contributed by atoms with Crippen molar-refractivity contribution < 1.29 is 27.4 Å². The SMILES string of the molecule is CCCC[C@H]1O[C@@H](O)C(F)(F)C1(F)F. The van der Waals surface area contributed by atoms with Crippen LogP contribution < -0.4 is 0 Å². The zero-order valence-electron chi connectivity index (χ0n) is 7.64. The van der Waals surface area contributed by atoms with Gasteiger partial charge >= 0.3 is 11.8 Å². The summed E-state index contributed by atoms with van der Waals surface area (Å²) in [5, 5.41) is 8.61. The van der Waals surface area contributed by atoms with Gasteiger partial charge in [-0.15, -0.1) is 0 Å². The van der Waals surface area contributed by atoms with E-state index < -0.39 is 24.2 Å². The molecule has 0 radical (unpaired) electrons. The van der Waals surface area contributed by atoms with Gasteiger partial charge in [-0.1, -0.05) is 19.8 Å². The number of alkyl halides is 4. The van der Waals surface area contributed by atoms with Crippen LogP contribution in [0.25, 0.3) is 0 Å². The molecule has 1 fully saturated rings. The Kier molecular flexibility index (Phi) is 3.06. The van der Waals surface area contributed by atoms with Crippen LogP contribution in [0.15, 0.2) is 0 Å². The molecule has 0 amide bonds. The van der Waals surface area contributed by atoms with Crippen molar-refractivity contribution in [2.75, 3.05) is 0 Å². The number of aliphatic hydroxyl groups is 1. The van der Waals surface area contributed by atoms with Crippen molar-refractivity contribution in [1.29, 1.82) is 0 Å². The fourth-order valence-electron chi connectivity index (χ4n) is 1.34. The number of unbranched alkanes of at least 4 members (excludes halogenated alkanes) is 1. The molecule has 0 bridgehead atoms. The molecule has 0 unspecified atom stereocenters. The van der Waals surface area contributed by atoms with Gasteiger partial charge in [0.25, 0.3) is 0 Å². The Bertz CT molecular complexity index is 208. The lowest BCUT2D eigenvalue weighted by atomic mass is 10.0. The number of aliphatic hydroxyl groups excluding tert-OH is 1. The van der Waals surface area contributed by atoms with Gasteiger partial charge in [0.1, 0.15) is 6.10 Å². The average molecular weight is 216 g/mol. The summed E-state index contributed by atoms with van der Waals surface area (Å²) in [5.74, 6) is -8.76. The zero-order valence-corrected chi connectivity index (χ0v) is 7.64. The maximum atomic E-state index is 12.9. The molecule has 0 aromatic carbocycles. The van der Waals surface area contributed by atoms with E-state index in [1.807, 2.05) is 0 Å². The van der Waals surface area contributed by atoms with E-state index in [2.05, 4.69) is 4.74 Å². The quantitative estimate of drug-likeness (QED) is 0.732. The lowest BCUT2D eigenvalue weighted by molar-refractivity contribution is -0.234. The van der Waals surface area contributed by atoms with E-state index in [4.69, 9.17) is 5.11 Å². The molecule has 1 rings (SSSR count). The van der Waals surface area contributed by atoms with Crippen LogP contribution >= 0.6 is 0 Å². The van der Waals surface area contributed by atoms with Crippen molar-refractivity contribution in [3.8, 4) is 0 Å². The van der Waals surface area contributed by atoms with Crippen LogP contribution in [0, 0.1) is 0 Å². The summed E-state index contributed by atoms with van der Waals surface area (Å²) in [7, 11) is 0. The molecule has 14 heavy (non-hydrogen) atoms. The predicted octanol–water partition coefficient (Wildman–Crippen LogP) is 2.16. The molecule has 0 aromatic rings. The second kappa shape index (κ2) is 3.66. The van der Waals surface area contributed by atoms with Crippen molar-refractivity contribution in [3.63, 3.8) is 0 Å². The molecule has 0 aromatic heterocycles. The molecule has 84 valence electrons. The lowest BCUT2D eigenvalue weighted by Crippen LogP contribution is -2.46. The Morgan fingerprint density at radius 3 is 2.14 bits per heavy atom. The molecule has 1 heterocycles. The highest BCUT2D eigenvalue weighted by Gasteiger charge is 2.71. The van der Waals surface area contributed by atoms with Crippen LogP contribution in [0.4, 0.5) is 17.6 Å². The largest absolute Gasteiger partial charge is 0.363 e. The maximum absolute atomic E-state index is 12.9. The highest BCUT2D eigenvalue weighted by molar-refractivity contribution is 4.99. The molecular weight excluding hydrogens is 204 g/mol. The van der Waals surface area contributed by atoms with Gasteiger partial charge in [0.05, 0.1) is 0 Å².